The van der Waals surface area contributed by atoms with Gasteiger partial charge in [-0.05, 0) is 38.1 Å². The number of rotatable bonds is 4. The van der Waals surface area contributed by atoms with Crippen LogP contribution >= 0.6 is 0 Å². The largest absolute Gasteiger partial charge is 0.395 e. The zero-order chi connectivity index (χ0) is 13.0. The number of nitrogens with one attached hydrogen (secondary N) is 1. The predicted octanol–water partition coefficient (Wildman–Crippen LogP) is 1.14. The summed E-state index contributed by atoms with van der Waals surface area (Å²) in [6, 6.07) is 0.556. The number of nitrogens with zero attached hydrogens (tertiary/aromatic N) is 1. The highest BCUT2D eigenvalue weighted by Crippen LogP contribution is 2.23. The van der Waals surface area contributed by atoms with Gasteiger partial charge < -0.3 is 10.4 Å². The Bertz CT molecular complexity index is 277. The molecule has 104 valence electrons. The van der Waals surface area contributed by atoms with Crippen molar-refractivity contribution < 1.29 is 9.90 Å². The number of carbonyl (C=O) groups excluding carboxylic acids is 1. The molecule has 1 aliphatic carbocycles. The SMILES string of the molecule is CC1CCCCC1NC(=O)CN1CCC[C@@H]1CO. The van der Waals surface area contributed by atoms with Gasteiger partial charge >= 0.3 is 0 Å². The van der Waals surface area contributed by atoms with E-state index in [0.717, 1.165) is 25.8 Å². The lowest BCUT2D eigenvalue weighted by molar-refractivity contribution is -0.123. The minimum absolute atomic E-state index is 0.133. The summed E-state index contributed by atoms with van der Waals surface area (Å²) in [6.07, 6.45) is 7.00. The first-order valence-corrected chi connectivity index (χ1v) is 7.35. The van der Waals surface area contributed by atoms with Crippen molar-refractivity contribution in [2.24, 2.45) is 5.92 Å². The monoisotopic (exact) mass is 254 g/mol. The van der Waals surface area contributed by atoms with Crippen LogP contribution in [0.2, 0.25) is 0 Å². The van der Waals surface area contributed by atoms with Crippen molar-refractivity contribution >= 4 is 5.91 Å². The molecule has 0 spiro atoms. The van der Waals surface area contributed by atoms with Crippen LogP contribution in [-0.4, -0.2) is 47.7 Å². The van der Waals surface area contributed by atoms with Gasteiger partial charge in [0, 0.05) is 12.1 Å². The second kappa shape index (κ2) is 6.53. The molecule has 2 fully saturated rings. The number of carbonyl (C=O) groups is 1. The normalized spacial score (nSPS) is 33.6. The molecule has 4 nitrogen and oxygen atoms in total. The molecule has 1 heterocycles. The second-order valence-corrected chi connectivity index (χ2v) is 5.88. The van der Waals surface area contributed by atoms with Crippen LogP contribution in [0.25, 0.3) is 0 Å². The summed E-state index contributed by atoms with van der Waals surface area (Å²) in [5.74, 6) is 0.740. The number of likely N-dealkylation sites (tertiary alicyclic amines) is 1. The van der Waals surface area contributed by atoms with Crippen molar-refractivity contribution in [1.29, 1.82) is 0 Å². The molecule has 2 unspecified atom stereocenters. The second-order valence-electron chi connectivity index (χ2n) is 5.88. The first-order valence-electron chi connectivity index (χ1n) is 7.35. The number of aliphatic hydroxyl groups is 1. The summed E-state index contributed by atoms with van der Waals surface area (Å²) >= 11 is 0. The van der Waals surface area contributed by atoms with Gasteiger partial charge in [-0.15, -0.1) is 0 Å². The van der Waals surface area contributed by atoms with E-state index in [0.29, 0.717) is 18.5 Å². The van der Waals surface area contributed by atoms with Gasteiger partial charge in [0.1, 0.15) is 0 Å². The highest BCUT2D eigenvalue weighted by molar-refractivity contribution is 5.78. The van der Waals surface area contributed by atoms with Gasteiger partial charge in [-0.3, -0.25) is 9.69 Å². The van der Waals surface area contributed by atoms with Crippen LogP contribution in [0.3, 0.4) is 0 Å². The van der Waals surface area contributed by atoms with Crippen molar-refractivity contribution in [1.82, 2.24) is 10.2 Å². The van der Waals surface area contributed by atoms with E-state index >= 15 is 0 Å². The van der Waals surface area contributed by atoms with E-state index in [2.05, 4.69) is 17.1 Å². The molecule has 0 aromatic heterocycles. The van der Waals surface area contributed by atoms with Gasteiger partial charge in [0.05, 0.1) is 13.2 Å². The van der Waals surface area contributed by atoms with Crippen LogP contribution in [0.1, 0.15) is 45.4 Å². The fraction of sp³-hybridized carbons (Fsp3) is 0.929. The van der Waals surface area contributed by atoms with E-state index < -0.39 is 0 Å². The average molecular weight is 254 g/mol. The third kappa shape index (κ3) is 3.45. The molecule has 1 aliphatic heterocycles. The fourth-order valence-electron chi connectivity index (χ4n) is 3.28. The Labute approximate surface area is 110 Å². The summed E-state index contributed by atoms with van der Waals surface area (Å²) in [5.41, 5.74) is 0. The Hall–Kier alpha value is -0.610. The zero-order valence-corrected chi connectivity index (χ0v) is 11.4. The minimum Gasteiger partial charge on any atom is -0.395 e. The molecule has 2 N–H and O–H groups in total. The van der Waals surface area contributed by atoms with Crippen molar-refractivity contribution in [3.05, 3.63) is 0 Å². The summed E-state index contributed by atoms with van der Waals surface area (Å²) in [5, 5.41) is 12.4. The number of hydrogen-bond donors (Lipinski definition) is 2. The maximum atomic E-state index is 12.0. The van der Waals surface area contributed by atoms with Crippen LogP contribution in [0.4, 0.5) is 0 Å². The summed E-state index contributed by atoms with van der Waals surface area (Å²) in [6.45, 7) is 3.80. The standard InChI is InChI=1S/C14H26N2O2/c1-11-5-2-3-7-13(11)15-14(18)9-16-8-4-6-12(16)10-17/h11-13,17H,2-10H2,1H3,(H,15,18)/t11?,12-,13?/m1/s1. The summed E-state index contributed by atoms with van der Waals surface area (Å²) in [7, 11) is 0. The van der Waals surface area contributed by atoms with Crippen molar-refractivity contribution in [3.63, 3.8) is 0 Å². The highest BCUT2D eigenvalue weighted by atomic mass is 16.3. The lowest BCUT2D eigenvalue weighted by Gasteiger charge is -2.30. The molecule has 1 amide bonds. The molecule has 0 aromatic carbocycles. The Morgan fingerprint density at radius 3 is 2.78 bits per heavy atom. The molecule has 1 saturated carbocycles. The van der Waals surface area contributed by atoms with Gasteiger partial charge in [0.25, 0.3) is 0 Å². The average Bonchev–Trinajstić information content (AvgIpc) is 2.79. The molecule has 4 heteroatoms. The third-order valence-electron chi connectivity index (χ3n) is 4.51. The Morgan fingerprint density at radius 2 is 2.06 bits per heavy atom. The lowest BCUT2D eigenvalue weighted by Crippen LogP contribution is -2.47. The molecular weight excluding hydrogens is 228 g/mol. The van der Waals surface area contributed by atoms with Crippen LogP contribution < -0.4 is 5.32 Å². The van der Waals surface area contributed by atoms with Gasteiger partial charge in [0.15, 0.2) is 0 Å². The van der Waals surface area contributed by atoms with E-state index in [4.69, 9.17) is 0 Å². The lowest BCUT2D eigenvalue weighted by atomic mass is 9.86. The molecular formula is C14H26N2O2. The topological polar surface area (TPSA) is 52.6 Å². The van der Waals surface area contributed by atoms with E-state index in [1.165, 1.54) is 19.3 Å². The summed E-state index contributed by atoms with van der Waals surface area (Å²) < 4.78 is 0. The Balaban J connectivity index is 1.77. The number of hydrogen-bond acceptors (Lipinski definition) is 3. The molecule has 18 heavy (non-hydrogen) atoms. The Kier molecular flexibility index (Phi) is 5.01. The fourth-order valence-corrected chi connectivity index (χ4v) is 3.28. The van der Waals surface area contributed by atoms with Gasteiger partial charge in [-0.2, -0.15) is 0 Å². The smallest absolute Gasteiger partial charge is 0.234 e. The molecule has 2 aliphatic rings. The molecule has 0 radical (unpaired) electrons. The Morgan fingerprint density at radius 1 is 1.28 bits per heavy atom. The molecule has 2 rings (SSSR count). The molecule has 0 bridgehead atoms. The van der Waals surface area contributed by atoms with Gasteiger partial charge in [-0.1, -0.05) is 19.8 Å². The minimum atomic E-state index is 0.133. The van der Waals surface area contributed by atoms with Crippen molar-refractivity contribution in [3.8, 4) is 0 Å². The first-order chi connectivity index (χ1) is 8.70. The van der Waals surface area contributed by atoms with E-state index in [1.807, 2.05) is 0 Å². The first kappa shape index (κ1) is 13.8. The third-order valence-corrected chi connectivity index (χ3v) is 4.51. The predicted molar refractivity (Wildman–Crippen MR) is 71.2 cm³/mol. The molecule has 3 atom stereocenters. The van der Waals surface area contributed by atoms with Crippen LogP contribution in [0.15, 0.2) is 0 Å². The zero-order valence-electron chi connectivity index (χ0n) is 11.4. The van der Waals surface area contributed by atoms with Crippen LogP contribution in [0, 0.1) is 5.92 Å². The van der Waals surface area contributed by atoms with E-state index in [-0.39, 0.29) is 18.6 Å². The quantitative estimate of drug-likeness (QED) is 0.791. The molecule has 1 saturated heterocycles. The number of aliphatic hydroxyl groups excluding tert-OH is 1. The van der Waals surface area contributed by atoms with E-state index in [1.54, 1.807) is 0 Å². The van der Waals surface area contributed by atoms with Crippen LogP contribution in [0.5, 0.6) is 0 Å². The maximum absolute atomic E-state index is 12.0. The number of amides is 1. The molecule has 0 aromatic rings. The maximum Gasteiger partial charge on any atom is 0.234 e. The highest BCUT2D eigenvalue weighted by Gasteiger charge is 2.27. The van der Waals surface area contributed by atoms with Gasteiger partial charge in [0.2, 0.25) is 5.91 Å². The summed E-state index contributed by atoms with van der Waals surface area (Å²) in [4.78, 5) is 14.2. The van der Waals surface area contributed by atoms with Gasteiger partial charge in [-0.25, -0.2) is 0 Å². The van der Waals surface area contributed by atoms with Crippen molar-refractivity contribution in [2.75, 3.05) is 19.7 Å². The van der Waals surface area contributed by atoms with E-state index in [9.17, 15) is 9.90 Å². The van der Waals surface area contributed by atoms with Crippen LogP contribution in [-0.2, 0) is 4.79 Å². The van der Waals surface area contributed by atoms with Crippen molar-refractivity contribution in [2.45, 2.75) is 57.5 Å².